The predicted molar refractivity (Wildman–Crippen MR) is 57.9 cm³/mol. The first-order valence-electron chi connectivity index (χ1n) is 4.74. The highest BCUT2D eigenvalue weighted by molar-refractivity contribution is 6.40. The number of Topliss-reactive ketones (excluding diaryl/α,β-unsaturated/α-hetero) is 1. The van der Waals surface area contributed by atoms with Gasteiger partial charge >= 0.3 is 5.97 Å². The summed E-state index contributed by atoms with van der Waals surface area (Å²) in [4.78, 5) is 22.7. The molecule has 1 aromatic carbocycles. The zero-order chi connectivity index (χ0) is 11.8. The molecule has 4 heteroatoms. The third-order valence-corrected chi connectivity index (χ3v) is 1.77. The minimum Gasteiger partial charge on any atom is -0.498 e. The highest BCUT2D eigenvalue weighted by Crippen LogP contribution is 2.01. The molecule has 16 heavy (non-hydrogen) atoms. The Labute approximate surface area is 93.5 Å². The van der Waals surface area contributed by atoms with Crippen LogP contribution in [0.3, 0.4) is 0 Å². The van der Waals surface area contributed by atoms with Crippen molar-refractivity contribution < 1.29 is 19.1 Å². The summed E-state index contributed by atoms with van der Waals surface area (Å²) < 4.78 is 9.44. The molecular formula is C12H12O4. The van der Waals surface area contributed by atoms with Gasteiger partial charge in [0.15, 0.2) is 0 Å². The number of carbonyl (C=O) groups excluding carboxylic acids is 2. The van der Waals surface area contributed by atoms with E-state index < -0.39 is 11.8 Å². The first-order chi connectivity index (χ1) is 7.75. The number of ether oxygens (including phenoxy) is 2. The number of esters is 1. The molecule has 0 aromatic heterocycles. The molecule has 0 unspecified atom stereocenters. The van der Waals surface area contributed by atoms with Crippen molar-refractivity contribution in [3.05, 3.63) is 48.7 Å². The summed E-state index contributed by atoms with van der Waals surface area (Å²) in [5.74, 6) is -1.53. The largest absolute Gasteiger partial charge is 0.498 e. The van der Waals surface area contributed by atoms with E-state index in [1.165, 1.54) is 6.26 Å². The van der Waals surface area contributed by atoms with Gasteiger partial charge in [0.05, 0.1) is 6.26 Å². The first-order valence-corrected chi connectivity index (χ1v) is 4.74. The molecule has 0 heterocycles. The normalized spacial score (nSPS) is 9.25. The summed E-state index contributed by atoms with van der Waals surface area (Å²) in [7, 11) is 0. The molecule has 0 fully saturated rings. The first kappa shape index (κ1) is 12.0. The summed E-state index contributed by atoms with van der Waals surface area (Å²) in [5, 5.41) is 0. The van der Waals surface area contributed by atoms with Gasteiger partial charge < -0.3 is 9.47 Å². The molecule has 0 saturated heterocycles. The van der Waals surface area contributed by atoms with Gasteiger partial charge in [-0.25, -0.2) is 4.79 Å². The molecule has 0 amide bonds. The highest BCUT2D eigenvalue weighted by atomic mass is 16.6. The van der Waals surface area contributed by atoms with E-state index in [0.29, 0.717) is 5.56 Å². The lowest BCUT2D eigenvalue weighted by Crippen LogP contribution is -2.19. The Morgan fingerprint density at radius 3 is 2.50 bits per heavy atom. The maximum Gasteiger partial charge on any atom is 0.379 e. The molecule has 0 saturated carbocycles. The van der Waals surface area contributed by atoms with E-state index in [-0.39, 0.29) is 13.2 Å². The molecule has 0 radical (unpaired) electrons. The van der Waals surface area contributed by atoms with Crippen molar-refractivity contribution in [1.82, 2.24) is 0 Å². The van der Waals surface area contributed by atoms with Crippen molar-refractivity contribution in [3.8, 4) is 0 Å². The van der Waals surface area contributed by atoms with Crippen LogP contribution in [0.5, 0.6) is 0 Å². The molecule has 84 valence electrons. The van der Waals surface area contributed by atoms with E-state index in [9.17, 15) is 9.59 Å². The summed E-state index contributed by atoms with van der Waals surface area (Å²) in [5.41, 5.74) is 0.317. The Kier molecular flexibility index (Phi) is 4.79. The van der Waals surface area contributed by atoms with E-state index in [4.69, 9.17) is 9.47 Å². The van der Waals surface area contributed by atoms with Crippen LogP contribution < -0.4 is 0 Å². The molecule has 1 aromatic rings. The average molecular weight is 220 g/mol. The van der Waals surface area contributed by atoms with Gasteiger partial charge in [-0.2, -0.15) is 0 Å². The van der Waals surface area contributed by atoms with Crippen LogP contribution >= 0.6 is 0 Å². The zero-order valence-electron chi connectivity index (χ0n) is 8.72. The minimum atomic E-state index is -0.876. The van der Waals surface area contributed by atoms with Crippen LogP contribution in [0.25, 0.3) is 0 Å². The van der Waals surface area contributed by atoms with E-state index in [0.717, 1.165) is 0 Å². The molecule has 0 bridgehead atoms. The van der Waals surface area contributed by atoms with Crippen LogP contribution in [-0.2, 0) is 14.3 Å². The van der Waals surface area contributed by atoms with Crippen molar-refractivity contribution >= 4 is 11.8 Å². The van der Waals surface area contributed by atoms with Crippen molar-refractivity contribution in [3.63, 3.8) is 0 Å². The molecule has 0 atom stereocenters. The van der Waals surface area contributed by atoms with Crippen molar-refractivity contribution in [2.45, 2.75) is 0 Å². The molecule has 4 nitrogen and oxygen atoms in total. The molecular weight excluding hydrogens is 208 g/mol. The van der Waals surface area contributed by atoms with Gasteiger partial charge in [-0.15, -0.1) is 0 Å². The van der Waals surface area contributed by atoms with Crippen LogP contribution in [0.1, 0.15) is 10.4 Å². The van der Waals surface area contributed by atoms with Crippen LogP contribution in [0.15, 0.2) is 43.2 Å². The number of carbonyl (C=O) groups is 2. The molecule has 0 aliphatic rings. The third kappa shape index (κ3) is 3.57. The van der Waals surface area contributed by atoms with Gasteiger partial charge in [0.1, 0.15) is 13.2 Å². The monoisotopic (exact) mass is 220 g/mol. The van der Waals surface area contributed by atoms with Crippen LogP contribution in [0, 0.1) is 0 Å². The Bertz CT molecular complexity index is 370. The molecule has 0 aliphatic carbocycles. The maximum atomic E-state index is 11.5. The lowest BCUT2D eigenvalue weighted by atomic mass is 10.1. The van der Waals surface area contributed by atoms with E-state index in [1.54, 1.807) is 30.3 Å². The SMILES string of the molecule is C=COCCOC(=O)C(=O)c1ccccc1. The molecule has 0 aliphatic heterocycles. The van der Waals surface area contributed by atoms with Gasteiger partial charge in [0.25, 0.3) is 5.78 Å². The van der Waals surface area contributed by atoms with Gasteiger partial charge in [0, 0.05) is 5.56 Å². The zero-order valence-corrected chi connectivity index (χ0v) is 8.72. The topological polar surface area (TPSA) is 52.6 Å². The summed E-state index contributed by atoms with van der Waals surface area (Å²) >= 11 is 0. The number of rotatable bonds is 6. The fourth-order valence-corrected chi connectivity index (χ4v) is 1.04. The van der Waals surface area contributed by atoms with Gasteiger partial charge in [-0.1, -0.05) is 36.9 Å². The second-order valence-corrected chi connectivity index (χ2v) is 2.87. The second kappa shape index (κ2) is 6.40. The van der Waals surface area contributed by atoms with Gasteiger partial charge in [-0.05, 0) is 0 Å². The Morgan fingerprint density at radius 2 is 1.88 bits per heavy atom. The summed E-state index contributed by atoms with van der Waals surface area (Å²) in [6.07, 6.45) is 1.24. The summed E-state index contributed by atoms with van der Waals surface area (Å²) in [6, 6.07) is 8.25. The Morgan fingerprint density at radius 1 is 1.19 bits per heavy atom. The van der Waals surface area contributed by atoms with Crippen molar-refractivity contribution in [2.24, 2.45) is 0 Å². The fraction of sp³-hybridized carbons (Fsp3) is 0.167. The highest BCUT2D eigenvalue weighted by Gasteiger charge is 2.16. The Balaban J connectivity index is 2.43. The smallest absolute Gasteiger partial charge is 0.379 e. The minimum absolute atomic E-state index is 0.0312. The van der Waals surface area contributed by atoms with Gasteiger partial charge in [-0.3, -0.25) is 4.79 Å². The molecule has 1 rings (SSSR count). The van der Waals surface area contributed by atoms with Crippen LogP contribution in [-0.4, -0.2) is 25.0 Å². The lowest BCUT2D eigenvalue weighted by molar-refractivity contribution is -0.139. The van der Waals surface area contributed by atoms with Crippen LogP contribution in [0.4, 0.5) is 0 Å². The summed E-state index contributed by atoms with van der Waals surface area (Å²) in [6.45, 7) is 3.55. The fourth-order valence-electron chi connectivity index (χ4n) is 1.04. The third-order valence-electron chi connectivity index (χ3n) is 1.77. The molecule has 0 spiro atoms. The van der Waals surface area contributed by atoms with E-state index >= 15 is 0 Å². The molecule has 0 N–H and O–H groups in total. The predicted octanol–water partition coefficient (Wildman–Crippen LogP) is 1.57. The van der Waals surface area contributed by atoms with Gasteiger partial charge in [0.2, 0.25) is 0 Å². The number of ketones is 1. The number of hydrogen-bond donors (Lipinski definition) is 0. The number of hydrogen-bond acceptors (Lipinski definition) is 4. The lowest BCUT2D eigenvalue weighted by Gasteiger charge is -2.03. The van der Waals surface area contributed by atoms with Crippen molar-refractivity contribution in [1.29, 1.82) is 0 Å². The van der Waals surface area contributed by atoms with Crippen molar-refractivity contribution in [2.75, 3.05) is 13.2 Å². The average Bonchev–Trinajstić information content (AvgIpc) is 2.34. The number of benzene rings is 1. The van der Waals surface area contributed by atoms with E-state index in [2.05, 4.69) is 6.58 Å². The standard InChI is InChI=1S/C12H12O4/c1-2-15-8-9-16-12(14)11(13)10-6-4-3-5-7-10/h2-7H,1,8-9H2. The second-order valence-electron chi connectivity index (χ2n) is 2.87. The Hall–Kier alpha value is -2.10. The maximum absolute atomic E-state index is 11.5. The van der Waals surface area contributed by atoms with E-state index in [1.807, 2.05) is 0 Å². The quantitative estimate of drug-likeness (QED) is 0.240. The van der Waals surface area contributed by atoms with Crippen LogP contribution in [0.2, 0.25) is 0 Å².